The van der Waals surface area contributed by atoms with Crippen LogP contribution in [0.25, 0.3) is 0 Å². The minimum atomic E-state index is -3.78. The summed E-state index contributed by atoms with van der Waals surface area (Å²) in [7, 11) is -0.832. The quantitative estimate of drug-likeness (QED) is 0.117. The fraction of sp³-hybridized carbons (Fsp3) is 0.355. The Morgan fingerprint density at radius 2 is 1.73 bits per heavy atom. The molecule has 0 fully saturated rings. The number of aliphatic hydroxyl groups excluding tert-OH is 1. The summed E-state index contributed by atoms with van der Waals surface area (Å²) in [4.78, 5) is 19.1. The fourth-order valence-corrected chi connectivity index (χ4v) is 6.28. The van der Waals surface area contributed by atoms with Crippen LogP contribution in [-0.4, -0.2) is 76.9 Å². The van der Waals surface area contributed by atoms with E-state index < -0.39 is 33.7 Å². The van der Waals surface area contributed by atoms with Gasteiger partial charge >= 0.3 is 0 Å². The molecule has 44 heavy (non-hydrogen) atoms. The van der Waals surface area contributed by atoms with Crippen molar-refractivity contribution in [2.24, 2.45) is 4.99 Å². The predicted molar refractivity (Wildman–Crippen MR) is 168 cm³/mol. The van der Waals surface area contributed by atoms with Crippen LogP contribution in [0.15, 0.2) is 93.2 Å². The first-order chi connectivity index (χ1) is 21.2. The van der Waals surface area contributed by atoms with Gasteiger partial charge in [0.2, 0.25) is 5.90 Å². The number of ether oxygens (including phenoxy) is 4. The van der Waals surface area contributed by atoms with Crippen LogP contribution < -0.4 is 15.6 Å². The average molecular weight is 691 g/mol. The molecule has 13 heteroatoms. The molecule has 1 aliphatic rings. The minimum Gasteiger partial charge on any atom is -0.494 e. The summed E-state index contributed by atoms with van der Waals surface area (Å²) in [5.41, 5.74) is 5.04. The normalized spacial score (nSPS) is 18.1. The van der Waals surface area contributed by atoms with Gasteiger partial charge in [-0.2, -0.15) is 0 Å². The molecule has 0 radical (unpaired) electrons. The molecule has 1 aliphatic heterocycles. The number of sulfone groups is 1. The Kier molecular flexibility index (Phi) is 11.9. The highest BCUT2D eigenvalue weighted by molar-refractivity contribution is 9.10. The monoisotopic (exact) mass is 689 g/mol. The van der Waals surface area contributed by atoms with Crippen molar-refractivity contribution in [3.8, 4) is 5.75 Å². The van der Waals surface area contributed by atoms with Crippen molar-refractivity contribution in [3.63, 3.8) is 0 Å². The number of halogens is 1. The summed E-state index contributed by atoms with van der Waals surface area (Å²) in [5, 5.41) is 9.02. The van der Waals surface area contributed by atoms with E-state index in [-0.39, 0.29) is 36.1 Å². The zero-order valence-corrected chi connectivity index (χ0v) is 26.8. The van der Waals surface area contributed by atoms with Crippen molar-refractivity contribution in [2.75, 3.05) is 39.7 Å². The molecule has 0 unspecified atom stereocenters. The topological polar surface area (TPSA) is 145 Å². The number of nitrogens with one attached hydrogen (secondary N) is 2. The molecular formula is C31H36BrN3O8S. The van der Waals surface area contributed by atoms with Crippen molar-refractivity contribution in [2.45, 2.75) is 35.7 Å². The van der Waals surface area contributed by atoms with Gasteiger partial charge in [-0.05, 0) is 54.1 Å². The standard InChI is InChI=1S/C31H36BrN3O8S/c1-40-27(41-2)21-33-35-30(37)31(17-20-44(38,39)26-7-4-3-5-8-26)28(22-9-13-24(32)14-10-22)43-29(34-31)23-11-15-25(16-12-23)42-19-6-18-36/h3-5,7-16,27-28,33,36H,6,17-21H2,1-2H3,(H,35,37)/t28-,31-/m0/s1. The third-order valence-electron chi connectivity index (χ3n) is 7.05. The van der Waals surface area contributed by atoms with Crippen LogP contribution in [0.3, 0.4) is 0 Å². The number of methoxy groups -OCH3 is 2. The Bertz CT molecular complexity index is 1500. The van der Waals surface area contributed by atoms with E-state index in [1.165, 1.54) is 26.4 Å². The summed E-state index contributed by atoms with van der Waals surface area (Å²) in [6.07, 6.45) is -1.27. The number of nitrogens with zero attached hydrogens (tertiary/aromatic N) is 1. The van der Waals surface area contributed by atoms with Crippen LogP contribution in [0, 0.1) is 0 Å². The average Bonchev–Trinajstić information content (AvgIpc) is 3.44. The molecule has 0 aromatic heterocycles. The summed E-state index contributed by atoms with van der Waals surface area (Å²) in [6, 6.07) is 22.3. The maximum atomic E-state index is 14.1. The number of hydrazine groups is 1. The van der Waals surface area contributed by atoms with Gasteiger partial charge in [-0.1, -0.05) is 46.3 Å². The van der Waals surface area contributed by atoms with E-state index in [1.807, 2.05) is 12.1 Å². The molecule has 1 amide bonds. The zero-order valence-electron chi connectivity index (χ0n) is 24.4. The number of hydrogen-bond donors (Lipinski definition) is 3. The van der Waals surface area contributed by atoms with Crippen molar-refractivity contribution < 1.29 is 37.3 Å². The van der Waals surface area contributed by atoms with Gasteiger partial charge in [0.15, 0.2) is 27.8 Å². The highest BCUT2D eigenvalue weighted by Crippen LogP contribution is 2.43. The van der Waals surface area contributed by atoms with E-state index >= 15 is 0 Å². The van der Waals surface area contributed by atoms with Gasteiger partial charge in [0.1, 0.15) is 5.75 Å². The molecule has 236 valence electrons. The van der Waals surface area contributed by atoms with Crippen LogP contribution in [0.1, 0.15) is 30.1 Å². The van der Waals surface area contributed by atoms with Gasteiger partial charge in [-0.3, -0.25) is 10.2 Å². The van der Waals surface area contributed by atoms with E-state index in [0.29, 0.717) is 29.9 Å². The first-order valence-corrected chi connectivity index (χ1v) is 16.4. The molecule has 1 heterocycles. The lowest BCUT2D eigenvalue weighted by atomic mass is 9.85. The van der Waals surface area contributed by atoms with Gasteiger partial charge in [-0.15, -0.1) is 0 Å². The molecule has 0 aliphatic carbocycles. The number of rotatable bonds is 16. The first kappa shape index (κ1) is 33.6. The molecule has 3 N–H and O–H groups in total. The van der Waals surface area contributed by atoms with E-state index in [0.717, 1.165) is 4.47 Å². The third-order valence-corrected chi connectivity index (χ3v) is 9.31. The van der Waals surface area contributed by atoms with Crippen LogP contribution in [0.4, 0.5) is 0 Å². The predicted octanol–water partition coefficient (Wildman–Crippen LogP) is 3.57. The molecule has 0 bridgehead atoms. The Labute approximate surface area is 265 Å². The number of benzene rings is 3. The first-order valence-electron chi connectivity index (χ1n) is 13.9. The van der Waals surface area contributed by atoms with Gasteiger partial charge in [0.25, 0.3) is 5.91 Å². The Balaban J connectivity index is 1.73. The van der Waals surface area contributed by atoms with Crippen LogP contribution in [0.5, 0.6) is 5.75 Å². The molecule has 11 nitrogen and oxygen atoms in total. The maximum Gasteiger partial charge on any atom is 0.266 e. The second-order valence-electron chi connectivity index (χ2n) is 9.96. The summed E-state index contributed by atoms with van der Waals surface area (Å²) in [5.74, 6) is -0.177. The lowest BCUT2D eigenvalue weighted by molar-refractivity contribution is -0.131. The van der Waals surface area contributed by atoms with Gasteiger partial charge < -0.3 is 24.1 Å². The number of amides is 1. The molecule has 4 rings (SSSR count). The zero-order chi connectivity index (χ0) is 31.6. The largest absolute Gasteiger partial charge is 0.494 e. The lowest BCUT2D eigenvalue weighted by Crippen LogP contribution is -2.54. The summed E-state index contributed by atoms with van der Waals surface area (Å²) >= 11 is 3.45. The van der Waals surface area contributed by atoms with Crippen molar-refractivity contribution in [3.05, 3.63) is 94.5 Å². The third kappa shape index (κ3) is 8.23. The van der Waals surface area contributed by atoms with Gasteiger partial charge in [-0.25, -0.2) is 18.8 Å². The van der Waals surface area contributed by atoms with Crippen molar-refractivity contribution in [1.29, 1.82) is 0 Å². The Morgan fingerprint density at radius 1 is 1.05 bits per heavy atom. The highest BCUT2D eigenvalue weighted by atomic mass is 79.9. The second kappa shape index (κ2) is 15.6. The Hall–Kier alpha value is -3.33. The van der Waals surface area contributed by atoms with Crippen molar-refractivity contribution in [1.82, 2.24) is 10.9 Å². The van der Waals surface area contributed by atoms with E-state index in [2.05, 4.69) is 26.8 Å². The molecule has 0 spiro atoms. The second-order valence-corrected chi connectivity index (χ2v) is 13.0. The summed E-state index contributed by atoms with van der Waals surface area (Å²) in [6.45, 7) is 0.504. The highest BCUT2D eigenvalue weighted by Gasteiger charge is 2.53. The number of carbonyl (C=O) groups excluding carboxylic acids is 1. The molecule has 0 saturated heterocycles. The SMILES string of the molecule is COC(CNNC(=O)[C@@]1(CCS(=O)(=O)c2ccccc2)N=C(c2ccc(OCCCO)cc2)O[C@H]1c1ccc(Br)cc1)OC. The minimum absolute atomic E-state index is 0.0246. The Morgan fingerprint density at radius 3 is 2.36 bits per heavy atom. The van der Waals surface area contributed by atoms with Crippen LogP contribution >= 0.6 is 15.9 Å². The smallest absolute Gasteiger partial charge is 0.266 e. The molecule has 3 aromatic carbocycles. The molecule has 0 saturated carbocycles. The van der Waals surface area contributed by atoms with Gasteiger partial charge in [0.05, 0.1) is 23.8 Å². The van der Waals surface area contributed by atoms with Crippen LogP contribution in [-0.2, 0) is 28.8 Å². The molecule has 2 atom stereocenters. The van der Waals surface area contributed by atoms with E-state index in [9.17, 15) is 13.2 Å². The number of aliphatic hydroxyl groups is 1. The molecular weight excluding hydrogens is 654 g/mol. The lowest BCUT2D eigenvalue weighted by Gasteiger charge is -2.31. The number of carbonyl (C=O) groups is 1. The molecule has 3 aromatic rings. The number of hydrogen-bond acceptors (Lipinski definition) is 10. The maximum absolute atomic E-state index is 14.1. The van der Waals surface area contributed by atoms with E-state index in [1.54, 1.807) is 54.6 Å². The fourth-order valence-electron chi connectivity index (χ4n) is 4.63. The van der Waals surface area contributed by atoms with Gasteiger partial charge in [0, 0.05) is 43.7 Å². The van der Waals surface area contributed by atoms with Crippen molar-refractivity contribution >= 4 is 37.6 Å². The summed E-state index contributed by atoms with van der Waals surface area (Å²) < 4.78 is 50.1. The van der Waals surface area contributed by atoms with Crippen LogP contribution in [0.2, 0.25) is 0 Å². The van der Waals surface area contributed by atoms with E-state index in [4.69, 9.17) is 29.0 Å². The number of aliphatic imine (C=N–C) groups is 1.